The third-order valence-corrected chi connectivity index (χ3v) is 3.82. The lowest BCUT2D eigenvalue weighted by molar-refractivity contribution is 0.438. The van der Waals surface area contributed by atoms with Crippen LogP contribution in [-0.4, -0.2) is 19.2 Å². The van der Waals surface area contributed by atoms with Gasteiger partial charge in [-0.25, -0.2) is 13.1 Å². The molecule has 0 radical (unpaired) electrons. The number of nitrogens with one attached hydrogen (secondary N) is 1. The Morgan fingerprint density at radius 1 is 1.54 bits per heavy atom. The van der Waals surface area contributed by atoms with Crippen molar-refractivity contribution in [3.8, 4) is 6.07 Å². The van der Waals surface area contributed by atoms with Crippen molar-refractivity contribution in [2.75, 3.05) is 0 Å². The normalized spacial score (nSPS) is 15.0. The van der Waals surface area contributed by atoms with Gasteiger partial charge in [0.05, 0.1) is 6.07 Å². The second-order valence-electron chi connectivity index (χ2n) is 3.66. The van der Waals surface area contributed by atoms with Crippen LogP contribution in [0.4, 0.5) is 0 Å². The van der Waals surface area contributed by atoms with Crippen LogP contribution in [0.3, 0.4) is 0 Å². The number of nitrogens with zero attached hydrogens (tertiary/aromatic N) is 1. The van der Waals surface area contributed by atoms with Crippen molar-refractivity contribution in [1.29, 1.82) is 5.26 Å². The molecule has 4 nitrogen and oxygen atoms in total. The second kappa shape index (κ2) is 4.07. The van der Waals surface area contributed by atoms with Crippen molar-refractivity contribution >= 4 is 10.0 Å². The van der Waals surface area contributed by atoms with Gasteiger partial charge < -0.3 is 0 Å². The average molecular weight is 204 g/mol. The Hall–Kier alpha value is -0.600. The molecule has 1 atom stereocenters. The molecule has 0 aromatic rings. The molecule has 0 aliphatic carbocycles. The first-order valence-corrected chi connectivity index (χ1v) is 5.72. The van der Waals surface area contributed by atoms with Crippen LogP contribution in [0, 0.1) is 11.3 Å². The minimum Gasteiger partial charge on any atom is -0.211 e. The molecule has 5 heteroatoms. The van der Waals surface area contributed by atoms with E-state index in [-0.39, 0.29) is 0 Å². The number of rotatable bonds is 4. The SMILES string of the molecule is CCC(C)(C)NS(=O)(=O)C(C)C#N. The van der Waals surface area contributed by atoms with Crippen LogP contribution in [0.5, 0.6) is 0 Å². The molecule has 1 unspecified atom stereocenters. The van der Waals surface area contributed by atoms with Gasteiger partial charge >= 0.3 is 0 Å². The maximum atomic E-state index is 11.4. The fourth-order valence-corrected chi connectivity index (χ4v) is 1.85. The average Bonchev–Trinajstić information content (AvgIpc) is 2.01. The Kier molecular flexibility index (Phi) is 3.88. The zero-order valence-electron chi connectivity index (χ0n) is 8.46. The molecular weight excluding hydrogens is 188 g/mol. The number of nitriles is 1. The zero-order valence-corrected chi connectivity index (χ0v) is 9.27. The topological polar surface area (TPSA) is 70.0 Å². The van der Waals surface area contributed by atoms with Crippen molar-refractivity contribution in [3.05, 3.63) is 0 Å². The molecule has 0 amide bonds. The summed E-state index contributed by atoms with van der Waals surface area (Å²) in [7, 11) is -3.49. The Balaban J connectivity index is 4.65. The minimum atomic E-state index is -3.49. The summed E-state index contributed by atoms with van der Waals surface area (Å²) in [6, 6.07) is 1.70. The van der Waals surface area contributed by atoms with Crippen LogP contribution < -0.4 is 4.72 Å². The molecule has 0 saturated heterocycles. The lowest BCUT2D eigenvalue weighted by Gasteiger charge is -2.24. The van der Waals surface area contributed by atoms with E-state index in [4.69, 9.17) is 5.26 Å². The molecule has 0 aliphatic rings. The van der Waals surface area contributed by atoms with Gasteiger partial charge in [0.25, 0.3) is 0 Å². The largest absolute Gasteiger partial charge is 0.228 e. The Bertz CT molecular complexity index is 301. The standard InChI is InChI=1S/C8H16N2O2S/c1-5-8(3,4)10-13(11,12)7(2)6-9/h7,10H,5H2,1-4H3. The van der Waals surface area contributed by atoms with Crippen LogP contribution in [0.1, 0.15) is 34.1 Å². The molecule has 0 aromatic heterocycles. The van der Waals surface area contributed by atoms with Gasteiger partial charge in [-0.2, -0.15) is 5.26 Å². The van der Waals surface area contributed by atoms with Gasteiger partial charge in [0.1, 0.15) is 0 Å². The summed E-state index contributed by atoms with van der Waals surface area (Å²) >= 11 is 0. The summed E-state index contributed by atoms with van der Waals surface area (Å²) in [5, 5.41) is 7.47. The molecule has 0 rings (SSSR count). The summed E-state index contributed by atoms with van der Waals surface area (Å²) in [6.07, 6.45) is 0.685. The van der Waals surface area contributed by atoms with Crippen molar-refractivity contribution in [1.82, 2.24) is 4.72 Å². The van der Waals surface area contributed by atoms with Gasteiger partial charge in [-0.3, -0.25) is 0 Å². The Labute approximate surface area is 80.0 Å². The third kappa shape index (κ3) is 3.75. The molecule has 0 fully saturated rings. The van der Waals surface area contributed by atoms with Crippen LogP contribution in [-0.2, 0) is 10.0 Å². The van der Waals surface area contributed by atoms with Crippen LogP contribution in [0.15, 0.2) is 0 Å². The maximum Gasteiger partial charge on any atom is 0.228 e. The highest BCUT2D eigenvalue weighted by Crippen LogP contribution is 2.11. The molecule has 0 aromatic carbocycles. The van der Waals surface area contributed by atoms with E-state index < -0.39 is 20.8 Å². The summed E-state index contributed by atoms with van der Waals surface area (Å²) < 4.78 is 25.3. The van der Waals surface area contributed by atoms with E-state index in [0.29, 0.717) is 6.42 Å². The molecule has 0 bridgehead atoms. The number of sulfonamides is 1. The first-order valence-electron chi connectivity index (χ1n) is 4.17. The summed E-state index contributed by atoms with van der Waals surface area (Å²) in [4.78, 5) is 0. The molecule has 0 spiro atoms. The van der Waals surface area contributed by atoms with Crippen LogP contribution >= 0.6 is 0 Å². The highest BCUT2D eigenvalue weighted by molar-refractivity contribution is 7.90. The van der Waals surface area contributed by atoms with Crippen LogP contribution in [0.25, 0.3) is 0 Å². The number of hydrogen-bond donors (Lipinski definition) is 1. The third-order valence-electron chi connectivity index (χ3n) is 1.95. The van der Waals surface area contributed by atoms with Gasteiger partial charge in [0, 0.05) is 5.54 Å². The first-order chi connectivity index (χ1) is 5.75. The predicted molar refractivity (Wildman–Crippen MR) is 51.5 cm³/mol. The molecule has 0 saturated carbocycles. The van der Waals surface area contributed by atoms with Gasteiger partial charge in [0.15, 0.2) is 5.25 Å². The molecule has 0 heterocycles. The van der Waals surface area contributed by atoms with Crippen molar-refractivity contribution in [3.63, 3.8) is 0 Å². The molecule has 0 aliphatic heterocycles. The highest BCUT2D eigenvalue weighted by atomic mass is 32.2. The molecular formula is C8H16N2O2S. The molecule has 1 N–H and O–H groups in total. The van der Waals surface area contributed by atoms with E-state index in [1.54, 1.807) is 19.9 Å². The Morgan fingerprint density at radius 2 is 2.00 bits per heavy atom. The fraction of sp³-hybridized carbons (Fsp3) is 0.875. The zero-order chi connectivity index (χ0) is 10.7. The smallest absolute Gasteiger partial charge is 0.211 e. The monoisotopic (exact) mass is 204 g/mol. The fourth-order valence-electron chi connectivity index (χ4n) is 0.615. The van der Waals surface area contributed by atoms with E-state index in [9.17, 15) is 8.42 Å². The number of hydrogen-bond acceptors (Lipinski definition) is 3. The van der Waals surface area contributed by atoms with E-state index in [1.165, 1.54) is 6.92 Å². The van der Waals surface area contributed by atoms with Crippen molar-refractivity contribution < 1.29 is 8.42 Å². The van der Waals surface area contributed by atoms with Gasteiger partial charge in [-0.1, -0.05) is 6.92 Å². The van der Waals surface area contributed by atoms with E-state index in [0.717, 1.165) is 0 Å². The van der Waals surface area contributed by atoms with Crippen molar-refractivity contribution in [2.45, 2.75) is 44.9 Å². The molecule has 13 heavy (non-hydrogen) atoms. The summed E-state index contributed by atoms with van der Waals surface area (Å²) in [6.45, 7) is 6.83. The lowest BCUT2D eigenvalue weighted by Crippen LogP contribution is -2.46. The van der Waals surface area contributed by atoms with Gasteiger partial charge in [0.2, 0.25) is 10.0 Å². The first kappa shape index (κ1) is 12.4. The summed E-state index contributed by atoms with van der Waals surface area (Å²) in [5.41, 5.74) is -0.482. The van der Waals surface area contributed by atoms with Crippen molar-refractivity contribution in [2.24, 2.45) is 0 Å². The van der Waals surface area contributed by atoms with E-state index in [2.05, 4.69) is 4.72 Å². The summed E-state index contributed by atoms with van der Waals surface area (Å²) in [5.74, 6) is 0. The second-order valence-corrected chi connectivity index (χ2v) is 5.66. The minimum absolute atomic E-state index is 0.482. The van der Waals surface area contributed by atoms with Crippen LogP contribution in [0.2, 0.25) is 0 Å². The van der Waals surface area contributed by atoms with Gasteiger partial charge in [-0.05, 0) is 27.2 Å². The lowest BCUT2D eigenvalue weighted by atomic mass is 10.0. The highest BCUT2D eigenvalue weighted by Gasteiger charge is 2.27. The van der Waals surface area contributed by atoms with Gasteiger partial charge in [-0.15, -0.1) is 0 Å². The predicted octanol–water partition coefficient (Wildman–Crippen LogP) is 1.01. The van der Waals surface area contributed by atoms with E-state index >= 15 is 0 Å². The molecule has 76 valence electrons. The van der Waals surface area contributed by atoms with E-state index in [1.807, 2.05) is 6.92 Å². The Morgan fingerprint density at radius 3 is 2.31 bits per heavy atom. The maximum absolute atomic E-state index is 11.4. The quantitative estimate of drug-likeness (QED) is 0.743.